The van der Waals surface area contributed by atoms with Crippen LogP contribution in [-0.2, 0) is 4.79 Å². The minimum atomic E-state index is -0.354. The first kappa shape index (κ1) is 18.4. The van der Waals surface area contributed by atoms with Crippen molar-refractivity contribution in [3.8, 4) is 5.75 Å². The number of aliphatic imine (C=N–C) groups is 1. The number of carbonyl (C=O) groups is 2. The maximum Gasteiger partial charge on any atom is 0.258 e. The van der Waals surface area contributed by atoms with E-state index in [1.165, 1.54) is 0 Å². The highest BCUT2D eigenvalue weighted by Gasteiger charge is 2.24. The number of carbonyl (C=O) groups excluding carboxylic acids is 2. The summed E-state index contributed by atoms with van der Waals surface area (Å²) in [5.41, 5.74) is 2.28. The minimum Gasteiger partial charge on any atom is -0.497 e. The second-order valence-electron chi connectivity index (χ2n) is 6.42. The van der Waals surface area contributed by atoms with E-state index in [0.29, 0.717) is 5.56 Å². The summed E-state index contributed by atoms with van der Waals surface area (Å²) in [6.07, 6.45) is 0.224. The fraction of sp³-hybridized carbons (Fsp3) is 0.250. The smallest absolute Gasteiger partial charge is 0.258 e. The third-order valence-corrected chi connectivity index (χ3v) is 4.28. The summed E-state index contributed by atoms with van der Waals surface area (Å²) in [4.78, 5) is 31.0. The monoisotopic (exact) mass is 366 g/mol. The third-order valence-electron chi connectivity index (χ3n) is 4.28. The summed E-state index contributed by atoms with van der Waals surface area (Å²) in [5.74, 6) is 0.376. The summed E-state index contributed by atoms with van der Waals surface area (Å²) in [5, 5.41) is 5.31. The molecule has 2 N–H and O–H groups in total. The molecule has 0 saturated heterocycles. The number of benzene rings is 2. The number of anilines is 1. The van der Waals surface area contributed by atoms with Gasteiger partial charge in [-0.1, -0.05) is 18.2 Å². The second kappa shape index (κ2) is 7.90. The molecule has 2 amide bonds. The molecule has 0 bridgehead atoms. The largest absolute Gasteiger partial charge is 0.497 e. The zero-order chi connectivity index (χ0) is 19.4. The molecule has 0 fully saturated rings. The summed E-state index contributed by atoms with van der Waals surface area (Å²) in [6, 6.07) is 14.2. The molecule has 0 radical (unpaired) electrons. The van der Waals surface area contributed by atoms with Crippen LogP contribution in [0.25, 0.3) is 0 Å². The lowest BCUT2D eigenvalue weighted by Crippen LogP contribution is -2.47. The molecule has 140 valence electrons. The Morgan fingerprint density at radius 2 is 1.96 bits per heavy atom. The van der Waals surface area contributed by atoms with Gasteiger partial charge in [-0.25, -0.2) is 4.99 Å². The Kier molecular flexibility index (Phi) is 5.40. The van der Waals surface area contributed by atoms with Gasteiger partial charge in [-0.2, -0.15) is 0 Å². The van der Waals surface area contributed by atoms with E-state index in [2.05, 4.69) is 15.6 Å². The first-order valence-electron chi connectivity index (χ1n) is 8.56. The Labute approximate surface area is 158 Å². The van der Waals surface area contributed by atoms with Gasteiger partial charge in [0.05, 0.1) is 19.6 Å². The molecule has 2 aromatic carbocycles. The van der Waals surface area contributed by atoms with Crippen molar-refractivity contribution in [2.24, 2.45) is 4.99 Å². The Hall–Kier alpha value is -3.35. The topological polar surface area (TPSA) is 83.0 Å². The Morgan fingerprint density at radius 3 is 2.63 bits per heavy atom. The lowest BCUT2D eigenvalue weighted by Gasteiger charge is -2.21. The van der Waals surface area contributed by atoms with E-state index in [1.807, 2.05) is 55.4 Å². The number of amides is 2. The predicted molar refractivity (Wildman–Crippen MR) is 104 cm³/mol. The normalized spacial score (nSPS) is 16.2. The van der Waals surface area contributed by atoms with Crippen LogP contribution < -0.4 is 20.3 Å². The molecule has 1 atom stereocenters. The third kappa shape index (κ3) is 4.44. The highest BCUT2D eigenvalue weighted by Crippen LogP contribution is 2.25. The summed E-state index contributed by atoms with van der Waals surface area (Å²) < 4.78 is 5.15. The summed E-state index contributed by atoms with van der Waals surface area (Å²) in [6.45, 7) is 0. The van der Waals surface area contributed by atoms with Gasteiger partial charge in [0.1, 0.15) is 5.75 Å². The molecule has 7 nitrogen and oxygen atoms in total. The molecule has 0 spiro atoms. The lowest BCUT2D eigenvalue weighted by atomic mass is 10.0. The van der Waals surface area contributed by atoms with Gasteiger partial charge in [-0.15, -0.1) is 0 Å². The second-order valence-corrected chi connectivity index (χ2v) is 6.42. The van der Waals surface area contributed by atoms with E-state index in [1.54, 1.807) is 19.2 Å². The van der Waals surface area contributed by atoms with Crippen LogP contribution in [0.5, 0.6) is 5.75 Å². The number of nitrogens with one attached hydrogen (secondary N) is 2. The maximum atomic E-state index is 12.5. The number of hydrogen-bond acceptors (Lipinski definition) is 5. The van der Waals surface area contributed by atoms with E-state index in [9.17, 15) is 9.59 Å². The van der Waals surface area contributed by atoms with Crippen LogP contribution in [0.1, 0.15) is 28.4 Å². The van der Waals surface area contributed by atoms with Crippen molar-refractivity contribution in [1.29, 1.82) is 0 Å². The zero-order valence-electron chi connectivity index (χ0n) is 15.5. The molecular formula is C20H22N4O3. The first-order chi connectivity index (χ1) is 13.0. The van der Waals surface area contributed by atoms with Gasteiger partial charge in [-0.05, 0) is 35.9 Å². The van der Waals surface area contributed by atoms with Crippen molar-refractivity contribution in [3.05, 3.63) is 59.7 Å². The van der Waals surface area contributed by atoms with E-state index < -0.39 is 0 Å². The Balaban J connectivity index is 1.78. The molecule has 7 heteroatoms. The van der Waals surface area contributed by atoms with Gasteiger partial charge in [0.25, 0.3) is 5.91 Å². The van der Waals surface area contributed by atoms with Crippen molar-refractivity contribution in [1.82, 2.24) is 10.6 Å². The van der Waals surface area contributed by atoms with Crippen LogP contribution in [0.4, 0.5) is 5.69 Å². The molecule has 2 aromatic rings. The van der Waals surface area contributed by atoms with E-state index in [0.717, 1.165) is 17.0 Å². The number of ether oxygens (including phenoxy) is 1. The SMILES string of the molecule is COc1ccc(C2CC(=O)NC(NC(=O)c3cccc(N(C)C)c3)=N2)cc1. The number of rotatable bonds is 4. The lowest BCUT2D eigenvalue weighted by molar-refractivity contribution is -0.120. The van der Waals surface area contributed by atoms with E-state index >= 15 is 0 Å². The van der Waals surface area contributed by atoms with Crippen molar-refractivity contribution in [3.63, 3.8) is 0 Å². The zero-order valence-corrected chi connectivity index (χ0v) is 15.5. The maximum absolute atomic E-state index is 12.5. The molecule has 0 aliphatic carbocycles. The molecule has 1 aliphatic rings. The van der Waals surface area contributed by atoms with Crippen LogP contribution in [0.3, 0.4) is 0 Å². The number of guanidine groups is 1. The average Bonchev–Trinajstić information content (AvgIpc) is 2.67. The predicted octanol–water partition coefficient (Wildman–Crippen LogP) is 2.11. The standard InChI is InChI=1S/C20H22N4O3/c1-24(2)15-6-4-5-14(11-15)19(26)23-20-21-17(12-18(25)22-20)13-7-9-16(27-3)10-8-13/h4-11,17H,12H2,1-3H3,(H2,21,22,23,25,26). The van der Waals surface area contributed by atoms with Gasteiger partial charge in [0, 0.05) is 25.3 Å². The summed E-state index contributed by atoms with van der Waals surface area (Å²) >= 11 is 0. The van der Waals surface area contributed by atoms with Crippen molar-refractivity contribution < 1.29 is 14.3 Å². The van der Waals surface area contributed by atoms with Crippen LogP contribution >= 0.6 is 0 Å². The molecule has 1 heterocycles. The highest BCUT2D eigenvalue weighted by atomic mass is 16.5. The summed E-state index contributed by atoms with van der Waals surface area (Å²) in [7, 11) is 5.41. The van der Waals surface area contributed by atoms with Gasteiger partial charge < -0.3 is 9.64 Å². The van der Waals surface area contributed by atoms with Crippen LogP contribution in [0, 0.1) is 0 Å². The van der Waals surface area contributed by atoms with Crippen LogP contribution in [0.2, 0.25) is 0 Å². The van der Waals surface area contributed by atoms with Crippen molar-refractivity contribution >= 4 is 23.5 Å². The van der Waals surface area contributed by atoms with Gasteiger partial charge in [0.2, 0.25) is 11.9 Å². The number of hydrogen-bond donors (Lipinski definition) is 2. The Bertz CT molecular complexity index is 875. The fourth-order valence-corrected chi connectivity index (χ4v) is 2.78. The highest BCUT2D eigenvalue weighted by molar-refractivity contribution is 6.10. The van der Waals surface area contributed by atoms with Gasteiger partial charge in [-0.3, -0.25) is 20.2 Å². The van der Waals surface area contributed by atoms with Crippen molar-refractivity contribution in [2.75, 3.05) is 26.1 Å². The molecule has 0 saturated carbocycles. The minimum absolute atomic E-state index is 0.160. The number of methoxy groups -OCH3 is 1. The molecule has 0 aromatic heterocycles. The fourth-order valence-electron chi connectivity index (χ4n) is 2.78. The van der Waals surface area contributed by atoms with E-state index in [4.69, 9.17) is 4.74 Å². The van der Waals surface area contributed by atoms with Gasteiger partial charge >= 0.3 is 0 Å². The molecule has 1 aliphatic heterocycles. The molecular weight excluding hydrogens is 344 g/mol. The number of nitrogens with zero attached hydrogens (tertiary/aromatic N) is 2. The molecule has 3 rings (SSSR count). The average molecular weight is 366 g/mol. The molecule has 27 heavy (non-hydrogen) atoms. The quantitative estimate of drug-likeness (QED) is 0.868. The van der Waals surface area contributed by atoms with Gasteiger partial charge in [0.15, 0.2) is 0 Å². The Morgan fingerprint density at radius 1 is 1.22 bits per heavy atom. The van der Waals surface area contributed by atoms with Crippen LogP contribution in [-0.4, -0.2) is 39.0 Å². The van der Waals surface area contributed by atoms with E-state index in [-0.39, 0.29) is 30.2 Å². The van der Waals surface area contributed by atoms with Crippen molar-refractivity contribution in [2.45, 2.75) is 12.5 Å². The molecule has 1 unspecified atom stereocenters. The first-order valence-corrected chi connectivity index (χ1v) is 8.56. The van der Waals surface area contributed by atoms with Crippen LogP contribution in [0.15, 0.2) is 53.5 Å².